The predicted octanol–water partition coefficient (Wildman–Crippen LogP) is 2.73. The minimum Gasteiger partial charge on any atom is -0.480 e. The van der Waals surface area contributed by atoms with Crippen LogP contribution in [0.15, 0.2) is 36.9 Å². The standard InChI is InChI=1S/C14H17ClN2O3/c1-3-5-12(13(18)19)17-14(20)16-9(2)10-6-4-7-11(15)8-10/h3-4,6-9,12H,1,5H2,2H3,(H,18,19)(H2,16,17,20). The number of amides is 2. The normalized spacial score (nSPS) is 13.1. The van der Waals surface area contributed by atoms with Crippen molar-refractivity contribution in [2.75, 3.05) is 0 Å². The lowest BCUT2D eigenvalue weighted by molar-refractivity contribution is -0.139. The molecule has 2 unspecified atom stereocenters. The van der Waals surface area contributed by atoms with Gasteiger partial charge in [0.1, 0.15) is 6.04 Å². The number of nitrogens with one attached hydrogen (secondary N) is 2. The number of halogens is 1. The van der Waals surface area contributed by atoms with Crippen molar-refractivity contribution in [3.63, 3.8) is 0 Å². The fourth-order valence-electron chi connectivity index (χ4n) is 1.64. The molecular formula is C14H17ClN2O3. The monoisotopic (exact) mass is 296 g/mol. The zero-order valence-electron chi connectivity index (χ0n) is 11.1. The third-order valence-corrected chi connectivity index (χ3v) is 2.94. The van der Waals surface area contributed by atoms with Gasteiger partial charge in [0, 0.05) is 5.02 Å². The van der Waals surface area contributed by atoms with Crippen LogP contribution in [0.2, 0.25) is 5.02 Å². The van der Waals surface area contributed by atoms with Gasteiger partial charge in [-0.3, -0.25) is 0 Å². The van der Waals surface area contributed by atoms with Gasteiger partial charge in [-0.25, -0.2) is 9.59 Å². The smallest absolute Gasteiger partial charge is 0.326 e. The Bertz CT molecular complexity index is 505. The Hall–Kier alpha value is -2.01. The maximum absolute atomic E-state index is 11.7. The van der Waals surface area contributed by atoms with Gasteiger partial charge in [0.2, 0.25) is 0 Å². The second kappa shape index (κ2) is 7.55. The molecular weight excluding hydrogens is 280 g/mol. The number of rotatable bonds is 6. The summed E-state index contributed by atoms with van der Waals surface area (Å²) in [6, 6.07) is 5.27. The van der Waals surface area contributed by atoms with Crippen LogP contribution in [0.1, 0.15) is 24.9 Å². The van der Waals surface area contributed by atoms with Crippen molar-refractivity contribution in [1.82, 2.24) is 10.6 Å². The molecule has 20 heavy (non-hydrogen) atoms. The summed E-state index contributed by atoms with van der Waals surface area (Å²) in [6.45, 7) is 5.24. The average molecular weight is 297 g/mol. The number of carboxylic acid groups (broad SMARTS) is 1. The summed E-state index contributed by atoms with van der Waals surface area (Å²) in [5.74, 6) is -1.10. The van der Waals surface area contributed by atoms with E-state index in [0.717, 1.165) is 5.56 Å². The topological polar surface area (TPSA) is 78.4 Å². The molecule has 5 nitrogen and oxygen atoms in total. The maximum Gasteiger partial charge on any atom is 0.326 e. The molecule has 0 bridgehead atoms. The first-order valence-electron chi connectivity index (χ1n) is 6.10. The van der Waals surface area contributed by atoms with Crippen molar-refractivity contribution in [3.8, 4) is 0 Å². The van der Waals surface area contributed by atoms with Crippen LogP contribution >= 0.6 is 11.6 Å². The quantitative estimate of drug-likeness (QED) is 0.706. The molecule has 0 saturated heterocycles. The molecule has 3 N–H and O–H groups in total. The number of aliphatic carboxylic acids is 1. The fourth-order valence-corrected chi connectivity index (χ4v) is 1.84. The molecule has 108 valence electrons. The van der Waals surface area contributed by atoms with Crippen molar-refractivity contribution < 1.29 is 14.7 Å². The molecule has 0 aliphatic carbocycles. The third-order valence-electron chi connectivity index (χ3n) is 2.70. The summed E-state index contributed by atoms with van der Waals surface area (Å²) >= 11 is 5.88. The number of benzene rings is 1. The highest BCUT2D eigenvalue weighted by atomic mass is 35.5. The van der Waals surface area contributed by atoms with E-state index in [4.69, 9.17) is 16.7 Å². The number of urea groups is 1. The van der Waals surface area contributed by atoms with Crippen molar-refractivity contribution in [3.05, 3.63) is 47.5 Å². The van der Waals surface area contributed by atoms with Gasteiger partial charge in [0.25, 0.3) is 0 Å². The Kier molecular flexibility index (Phi) is 6.06. The zero-order valence-corrected chi connectivity index (χ0v) is 11.9. The number of carbonyl (C=O) groups excluding carboxylic acids is 1. The van der Waals surface area contributed by atoms with Gasteiger partial charge < -0.3 is 15.7 Å². The lowest BCUT2D eigenvalue weighted by Crippen LogP contribution is -2.46. The summed E-state index contributed by atoms with van der Waals surface area (Å²) in [5, 5.41) is 14.5. The van der Waals surface area contributed by atoms with E-state index >= 15 is 0 Å². The number of hydrogen-bond donors (Lipinski definition) is 3. The summed E-state index contributed by atoms with van der Waals surface area (Å²) in [6.07, 6.45) is 1.60. The predicted molar refractivity (Wildman–Crippen MR) is 77.8 cm³/mol. The van der Waals surface area contributed by atoms with E-state index in [0.29, 0.717) is 5.02 Å². The molecule has 0 saturated carbocycles. The van der Waals surface area contributed by atoms with Gasteiger partial charge in [-0.2, -0.15) is 0 Å². The maximum atomic E-state index is 11.7. The molecule has 0 heterocycles. The summed E-state index contributed by atoms with van der Waals surface area (Å²) in [5.41, 5.74) is 0.836. The van der Waals surface area contributed by atoms with Crippen molar-refractivity contribution in [1.29, 1.82) is 0 Å². The van der Waals surface area contributed by atoms with Crippen LogP contribution in [0.3, 0.4) is 0 Å². The number of carboxylic acids is 1. The molecule has 0 aromatic heterocycles. The van der Waals surface area contributed by atoms with E-state index < -0.39 is 18.0 Å². The molecule has 1 aromatic rings. The van der Waals surface area contributed by atoms with Crippen molar-refractivity contribution in [2.24, 2.45) is 0 Å². The average Bonchev–Trinajstić information content (AvgIpc) is 2.38. The van der Waals surface area contributed by atoms with Crippen LogP contribution in [-0.4, -0.2) is 23.1 Å². The van der Waals surface area contributed by atoms with Crippen LogP contribution in [-0.2, 0) is 4.79 Å². The van der Waals surface area contributed by atoms with Crippen LogP contribution in [0.4, 0.5) is 4.79 Å². The van der Waals surface area contributed by atoms with Crippen molar-refractivity contribution >= 4 is 23.6 Å². The molecule has 1 aromatic carbocycles. The Labute approximate surface area is 122 Å². The highest BCUT2D eigenvalue weighted by molar-refractivity contribution is 6.30. The summed E-state index contributed by atoms with van der Waals surface area (Å²) < 4.78 is 0. The third kappa shape index (κ3) is 4.93. The van der Waals surface area contributed by atoms with E-state index in [1.54, 1.807) is 25.1 Å². The van der Waals surface area contributed by atoms with Gasteiger partial charge in [-0.1, -0.05) is 29.8 Å². The van der Waals surface area contributed by atoms with Gasteiger partial charge in [-0.05, 0) is 31.0 Å². The van der Waals surface area contributed by atoms with Crippen molar-refractivity contribution in [2.45, 2.75) is 25.4 Å². The van der Waals surface area contributed by atoms with E-state index in [1.807, 2.05) is 6.07 Å². The first-order chi connectivity index (χ1) is 9.43. The fraction of sp³-hybridized carbons (Fsp3) is 0.286. The van der Waals surface area contributed by atoms with E-state index in [2.05, 4.69) is 17.2 Å². The SMILES string of the molecule is C=CCC(NC(=O)NC(C)c1cccc(Cl)c1)C(=O)O. The second-order valence-electron chi connectivity index (χ2n) is 4.31. The second-order valence-corrected chi connectivity index (χ2v) is 4.75. The summed E-state index contributed by atoms with van der Waals surface area (Å²) in [7, 11) is 0. The highest BCUT2D eigenvalue weighted by Crippen LogP contribution is 2.17. The van der Waals surface area contributed by atoms with Gasteiger partial charge in [0.15, 0.2) is 0 Å². The largest absolute Gasteiger partial charge is 0.480 e. The van der Waals surface area contributed by atoms with Crippen LogP contribution in [0.25, 0.3) is 0 Å². The minimum atomic E-state index is -1.10. The molecule has 0 radical (unpaired) electrons. The number of hydrogen-bond acceptors (Lipinski definition) is 2. The molecule has 0 aliphatic heterocycles. The van der Waals surface area contributed by atoms with Crippen LogP contribution in [0.5, 0.6) is 0 Å². The Morgan fingerprint density at radius 2 is 2.15 bits per heavy atom. The Morgan fingerprint density at radius 3 is 2.70 bits per heavy atom. The first-order valence-corrected chi connectivity index (χ1v) is 6.48. The molecule has 0 fully saturated rings. The Morgan fingerprint density at radius 1 is 1.45 bits per heavy atom. The van der Waals surface area contributed by atoms with Gasteiger partial charge >= 0.3 is 12.0 Å². The first kappa shape index (κ1) is 16.0. The Balaban J connectivity index is 2.61. The lowest BCUT2D eigenvalue weighted by Gasteiger charge is -2.18. The zero-order chi connectivity index (χ0) is 15.1. The van der Waals surface area contributed by atoms with E-state index in [1.165, 1.54) is 6.08 Å². The van der Waals surface area contributed by atoms with E-state index in [-0.39, 0.29) is 12.5 Å². The molecule has 0 spiro atoms. The van der Waals surface area contributed by atoms with Gasteiger partial charge in [-0.15, -0.1) is 6.58 Å². The summed E-state index contributed by atoms with van der Waals surface area (Å²) in [4.78, 5) is 22.7. The molecule has 6 heteroatoms. The van der Waals surface area contributed by atoms with Crippen LogP contribution in [0, 0.1) is 0 Å². The lowest BCUT2D eigenvalue weighted by atomic mass is 10.1. The molecule has 0 aliphatic rings. The van der Waals surface area contributed by atoms with E-state index in [9.17, 15) is 9.59 Å². The van der Waals surface area contributed by atoms with Crippen LogP contribution < -0.4 is 10.6 Å². The highest BCUT2D eigenvalue weighted by Gasteiger charge is 2.19. The molecule has 2 atom stereocenters. The van der Waals surface area contributed by atoms with Gasteiger partial charge in [0.05, 0.1) is 6.04 Å². The molecule has 2 amide bonds. The molecule has 1 rings (SSSR count). The number of carbonyl (C=O) groups is 2. The minimum absolute atomic E-state index is 0.161.